The Kier molecular flexibility index (Phi) is 4.93. The topological polar surface area (TPSA) is 0 Å². The highest BCUT2D eigenvalue weighted by molar-refractivity contribution is 4.87. The molecule has 0 nitrogen and oxygen atoms in total. The molecule has 0 heteroatoms. The molecule has 0 fully saturated rings. The van der Waals surface area contributed by atoms with Crippen LogP contribution in [0.1, 0.15) is 40.0 Å². The predicted molar refractivity (Wildman–Crippen MR) is 52.6 cm³/mol. The number of allylic oxidation sites excluding steroid dienone is 3. The Balaban J connectivity index is 3.37. The molecule has 0 aliphatic rings. The molecule has 0 saturated carbocycles. The highest BCUT2D eigenvalue weighted by atomic mass is 14.1. The van der Waals surface area contributed by atoms with Gasteiger partial charge in [-0.3, -0.25) is 0 Å². The summed E-state index contributed by atoms with van der Waals surface area (Å²) in [6.07, 6.45) is 9.88. The summed E-state index contributed by atoms with van der Waals surface area (Å²) >= 11 is 0. The zero-order valence-electron chi connectivity index (χ0n) is 8.06. The normalized spacial score (nSPS) is 12.3. The largest absolute Gasteiger partial charge is 0.103 e. The Morgan fingerprint density at radius 1 is 1.09 bits per heavy atom. The van der Waals surface area contributed by atoms with Crippen molar-refractivity contribution in [3.63, 3.8) is 0 Å². The Labute approximate surface area is 71.0 Å². The van der Waals surface area contributed by atoms with Gasteiger partial charge in [0.25, 0.3) is 0 Å². The van der Waals surface area contributed by atoms with E-state index in [1.54, 1.807) is 0 Å². The summed E-state index contributed by atoms with van der Waals surface area (Å²) in [6.45, 7) is 10.4. The Morgan fingerprint density at radius 3 is 2.18 bits per heavy atom. The van der Waals surface area contributed by atoms with E-state index in [1.165, 1.54) is 6.42 Å². The highest BCUT2D eigenvalue weighted by Crippen LogP contribution is 2.18. The van der Waals surface area contributed by atoms with Gasteiger partial charge in [0.1, 0.15) is 0 Å². The molecule has 0 heterocycles. The standard InChI is InChI=1S/C11H20/c1-5-6-7-8-9-10-11(2,3)4/h5,8-9H,1,6-7,10H2,2-4H3. The summed E-state index contributed by atoms with van der Waals surface area (Å²) in [6, 6.07) is 0. The van der Waals surface area contributed by atoms with Gasteiger partial charge in [-0.1, -0.05) is 39.0 Å². The SMILES string of the molecule is C=CCCC=CCC(C)(C)C. The first-order valence-corrected chi connectivity index (χ1v) is 4.32. The minimum atomic E-state index is 0.435. The average molecular weight is 152 g/mol. The summed E-state index contributed by atoms with van der Waals surface area (Å²) in [4.78, 5) is 0. The molecule has 0 spiro atoms. The molecule has 0 aromatic carbocycles. The van der Waals surface area contributed by atoms with Gasteiger partial charge >= 0.3 is 0 Å². The summed E-state index contributed by atoms with van der Waals surface area (Å²) < 4.78 is 0. The van der Waals surface area contributed by atoms with Gasteiger partial charge in [0.15, 0.2) is 0 Å². The average Bonchev–Trinajstić information content (AvgIpc) is 1.85. The molecule has 0 atom stereocenters. The molecular weight excluding hydrogens is 132 g/mol. The lowest BCUT2D eigenvalue weighted by Gasteiger charge is -2.14. The van der Waals surface area contributed by atoms with Crippen LogP contribution >= 0.6 is 0 Å². The van der Waals surface area contributed by atoms with Crippen LogP contribution in [-0.4, -0.2) is 0 Å². The van der Waals surface area contributed by atoms with Crippen LogP contribution in [0.3, 0.4) is 0 Å². The Morgan fingerprint density at radius 2 is 1.73 bits per heavy atom. The van der Waals surface area contributed by atoms with E-state index in [0.29, 0.717) is 5.41 Å². The van der Waals surface area contributed by atoms with E-state index in [9.17, 15) is 0 Å². The first-order valence-electron chi connectivity index (χ1n) is 4.32. The smallest absolute Gasteiger partial charge is 0.0302 e. The molecule has 0 bridgehead atoms. The van der Waals surface area contributed by atoms with Crippen molar-refractivity contribution in [3.8, 4) is 0 Å². The third kappa shape index (κ3) is 9.48. The van der Waals surface area contributed by atoms with E-state index in [1.807, 2.05) is 6.08 Å². The van der Waals surface area contributed by atoms with Crippen molar-refractivity contribution in [2.45, 2.75) is 40.0 Å². The fraction of sp³-hybridized carbons (Fsp3) is 0.636. The molecule has 0 aromatic heterocycles. The van der Waals surface area contributed by atoms with Crippen molar-refractivity contribution < 1.29 is 0 Å². The maximum absolute atomic E-state index is 3.67. The number of hydrogen-bond donors (Lipinski definition) is 0. The third-order valence-electron chi connectivity index (χ3n) is 1.43. The second kappa shape index (κ2) is 5.17. The van der Waals surface area contributed by atoms with Crippen LogP contribution in [0.2, 0.25) is 0 Å². The molecule has 0 aliphatic carbocycles. The molecule has 0 saturated heterocycles. The van der Waals surface area contributed by atoms with Gasteiger partial charge in [-0.25, -0.2) is 0 Å². The number of hydrogen-bond acceptors (Lipinski definition) is 0. The maximum atomic E-state index is 3.67. The summed E-state index contributed by atoms with van der Waals surface area (Å²) in [5, 5.41) is 0. The molecule has 11 heavy (non-hydrogen) atoms. The van der Waals surface area contributed by atoms with Crippen LogP contribution in [0.25, 0.3) is 0 Å². The Bertz CT molecular complexity index is 123. The van der Waals surface area contributed by atoms with Crippen molar-refractivity contribution in [2.24, 2.45) is 5.41 Å². The molecule has 0 unspecified atom stereocenters. The summed E-state index contributed by atoms with van der Waals surface area (Å²) in [7, 11) is 0. The highest BCUT2D eigenvalue weighted by Gasteiger charge is 2.05. The van der Waals surface area contributed by atoms with Crippen LogP contribution in [0, 0.1) is 5.41 Å². The van der Waals surface area contributed by atoms with Crippen molar-refractivity contribution in [1.29, 1.82) is 0 Å². The minimum Gasteiger partial charge on any atom is -0.103 e. The second-order valence-electron chi connectivity index (χ2n) is 4.10. The quantitative estimate of drug-likeness (QED) is 0.423. The molecule has 0 rings (SSSR count). The molecule has 0 aliphatic heterocycles. The second-order valence-corrected chi connectivity index (χ2v) is 4.10. The van der Waals surface area contributed by atoms with Crippen LogP contribution in [-0.2, 0) is 0 Å². The minimum absolute atomic E-state index is 0.435. The van der Waals surface area contributed by atoms with E-state index in [4.69, 9.17) is 0 Å². The van der Waals surface area contributed by atoms with Gasteiger partial charge in [-0.15, -0.1) is 6.58 Å². The third-order valence-corrected chi connectivity index (χ3v) is 1.43. The van der Waals surface area contributed by atoms with E-state index in [0.717, 1.165) is 12.8 Å². The zero-order chi connectivity index (χ0) is 8.74. The van der Waals surface area contributed by atoms with Crippen LogP contribution in [0.15, 0.2) is 24.8 Å². The van der Waals surface area contributed by atoms with E-state index in [-0.39, 0.29) is 0 Å². The number of rotatable bonds is 4. The van der Waals surface area contributed by atoms with Gasteiger partial charge < -0.3 is 0 Å². The van der Waals surface area contributed by atoms with Crippen molar-refractivity contribution in [2.75, 3.05) is 0 Å². The first kappa shape index (κ1) is 10.5. The summed E-state index contributed by atoms with van der Waals surface area (Å²) in [5.74, 6) is 0. The molecule has 64 valence electrons. The summed E-state index contributed by atoms with van der Waals surface area (Å²) in [5.41, 5.74) is 0.435. The monoisotopic (exact) mass is 152 g/mol. The maximum Gasteiger partial charge on any atom is -0.0302 e. The zero-order valence-corrected chi connectivity index (χ0v) is 8.06. The molecule has 0 radical (unpaired) electrons. The fourth-order valence-corrected chi connectivity index (χ4v) is 0.769. The predicted octanol–water partition coefficient (Wildman–Crippen LogP) is 3.95. The van der Waals surface area contributed by atoms with Crippen LogP contribution in [0.5, 0.6) is 0 Å². The van der Waals surface area contributed by atoms with Crippen LogP contribution in [0.4, 0.5) is 0 Å². The van der Waals surface area contributed by atoms with E-state index >= 15 is 0 Å². The lowest BCUT2D eigenvalue weighted by atomic mass is 9.92. The Hall–Kier alpha value is -0.520. The van der Waals surface area contributed by atoms with Crippen molar-refractivity contribution in [1.82, 2.24) is 0 Å². The molecule has 0 amide bonds. The lowest BCUT2D eigenvalue weighted by molar-refractivity contribution is 0.420. The lowest BCUT2D eigenvalue weighted by Crippen LogP contribution is -2.01. The molecule has 0 N–H and O–H groups in total. The fourth-order valence-electron chi connectivity index (χ4n) is 0.769. The van der Waals surface area contributed by atoms with Gasteiger partial charge in [-0.2, -0.15) is 0 Å². The number of unbranched alkanes of at least 4 members (excludes halogenated alkanes) is 1. The van der Waals surface area contributed by atoms with Gasteiger partial charge in [0.2, 0.25) is 0 Å². The van der Waals surface area contributed by atoms with Gasteiger partial charge in [0, 0.05) is 0 Å². The van der Waals surface area contributed by atoms with E-state index in [2.05, 4.69) is 39.5 Å². The molecule has 0 aromatic rings. The van der Waals surface area contributed by atoms with E-state index < -0.39 is 0 Å². The van der Waals surface area contributed by atoms with Gasteiger partial charge in [-0.05, 0) is 24.7 Å². The van der Waals surface area contributed by atoms with Crippen molar-refractivity contribution in [3.05, 3.63) is 24.8 Å². The van der Waals surface area contributed by atoms with Crippen molar-refractivity contribution >= 4 is 0 Å². The molecular formula is C11H20. The first-order chi connectivity index (χ1) is 5.06. The van der Waals surface area contributed by atoms with Crippen LogP contribution < -0.4 is 0 Å². The van der Waals surface area contributed by atoms with Gasteiger partial charge in [0.05, 0.1) is 0 Å².